The summed E-state index contributed by atoms with van der Waals surface area (Å²) >= 11 is 0. The van der Waals surface area contributed by atoms with Crippen molar-refractivity contribution in [3.05, 3.63) is 74.8 Å². The average Bonchev–Trinajstić information content (AvgIpc) is 2.73. The molecule has 10 heteroatoms. The highest BCUT2D eigenvalue weighted by Gasteiger charge is 2.25. The van der Waals surface area contributed by atoms with Crippen molar-refractivity contribution in [1.82, 2.24) is 9.62 Å². The Bertz CT molecular complexity index is 1050. The Labute approximate surface area is 174 Å². The smallest absolute Gasteiger partial charge is 0.273 e. The minimum absolute atomic E-state index is 0.107. The zero-order valence-corrected chi connectivity index (χ0v) is 17.4. The summed E-state index contributed by atoms with van der Waals surface area (Å²) in [4.78, 5) is 23.1. The van der Waals surface area contributed by atoms with Gasteiger partial charge in [0.1, 0.15) is 0 Å². The minimum atomic E-state index is -3.51. The van der Waals surface area contributed by atoms with Gasteiger partial charge in [0, 0.05) is 36.8 Å². The lowest BCUT2D eigenvalue weighted by Gasteiger charge is -2.26. The predicted molar refractivity (Wildman–Crippen MR) is 110 cm³/mol. The first kappa shape index (κ1) is 21.9. The van der Waals surface area contributed by atoms with Crippen LogP contribution in [-0.2, 0) is 27.1 Å². The summed E-state index contributed by atoms with van der Waals surface area (Å²) in [5.74, 6) is -0.628. The number of nitro benzene ring substituents is 1. The summed E-state index contributed by atoms with van der Waals surface area (Å²) in [5, 5.41) is 13.8. The Kier molecular flexibility index (Phi) is 6.80. The highest BCUT2D eigenvalue weighted by atomic mass is 32.2. The van der Waals surface area contributed by atoms with Gasteiger partial charge in [0.15, 0.2) is 0 Å². The van der Waals surface area contributed by atoms with E-state index in [1.165, 1.54) is 29.4 Å². The molecule has 0 atom stereocenters. The maximum absolute atomic E-state index is 12.7. The van der Waals surface area contributed by atoms with Crippen LogP contribution in [0.25, 0.3) is 0 Å². The number of carbonyl (C=O) groups excluding carboxylic acids is 1. The van der Waals surface area contributed by atoms with E-state index in [1.54, 1.807) is 24.3 Å². The number of ether oxygens (including phenoxy) is 1. The van der Waals surface area contributed by atoms with Crippen LogP contribution < -0.4 is 5.32 Å². The molecule has 2 aromatic rings. The molecule has 0 aliphatic carbocycles. The molecule has 2 aromatic carbocycles. The molecule has 0 bridgehead atoms. The zero-order valence-electron chi connectivity index (χ0n) is 16.5. The summed E-state index contributed by atoms with van der Waals surface area (Å²) < 4.78 is 32.1. The molecule has 9 nitrogen and oxygen atoms in total. The second-order valence-electron chi connectivity index (χ2n) is 6.93. The van der Waals surface area contributed by atoms with Crippen LogP contribution in [0.3, 0.4) is 0 Å². The van der Waals surface area contributed by atoms with Crippen molar-refractivity contribution in [2.45, 2.75) is 19.2 Å². The molecule has 1 saturated heterocycles. The molecule has 160 valence electrons. The molecule has 1 fully saturated rings. The molecule has 3 rings (SSSR count). The third-order valence-corrected chi connectivity index (χ3v) is 6.83. The number of sulfonamides is 1. The second-order valence-corrected chi connectivity index (χ2v) is 8.89. The van der Waals surface area contributed by atoms with E-state index in [-0.39, 0.29) is 29.1 Å². The van der Waals surface area contributed by atoms with E-state index in [9.17, 15) is 23.3 Å². The predicted octanol–water partition coefficient (Wildman–Crippen LogP) is 2.00. The fraction of sp³-hybridized carbons (Fsp3) is 0.350. The fourth-order valence-electron chi connectivity index (χ4n) is 3.32. The van der Waals surface area contributed by atoms with Gasteiger partial charge in [-0.1, -0.05) is 30.3 Å². The summed E-state index contributed by atoms with van der Waals surface area (Å²) in [6.45, 7) is 3.03. The van der Waals surface area contributed by atoms with Crippen molar-refractivity contribution in [2.24, 2.45) is 0 Å². The number of hydrogen-bond donors (Lipinski definition) is 1. The number of nitrogens with one attached hydrogen (secondary N) is 1. The Morgan fingerprint density at radius 2 is 1.80 bits per heavy atom. The van der Waals surface area contributed by atoms with Crippen LogP contribution >= 0.6 is 0 Å². The highest BCUT2D eigenvalue weighted by Crippen LogP contribution is 2.21. The second kappa shape index (κ2) is 9.33. The van der Waals surface area contributed by atoms with Gasteiger partial charge in [-0.05, 0) is 24.1 Å². The van der Waals surface area contributed by atoms with Crippen LogP contribution in [0.1, 0.15) is 27.0 Å². The van der Waals surface area contributed by atoms with E-state index < -0.39 is 20.9 Å². The van der Waals surface area contributed by atoms with Crippen molar-refractivity contribution < 1.29 is 22.9 Å². The molecule has 0 radical (unpaired) electrons. The van der Waals surface area contributed by atoms with E-state index >= 15 is 0 Å². The summed E-state index contributed by atoms with van der Waals surface area (Å²) in [6.07, 6.45) is 0. The topological polar surface area (TPSA) is 119 Å². The maximum atomic E-state index is 12.7. The molecule has 30 heavy (non-hydrogen) atoms. The Morgan fingerprint density at radius 1 is 1.13 bits per heavy atom. The molecule has 0 spiro atoms. The van der Waals surface area contributed by atoms with Gasteiger partial charge in [0.2, 0.25) is 10.0 Å². The number of hydrogen-bond acceptors (Lipinski definition) is 6. The number of rotatable bonds is 7. The lowest BCUT2D eigenvalue weighted by Crippen LogP contribution is -2.41. The monoisotopic (exact) mass is 433 g/mol. The third kappa shape index (κ3) is 5.02. The molecule has 0 saturated carbocycles. The van der Waals surface area contributed by atoms with E-state index in [1.807, 2.05) is 0 Å². The Balaban J connectivity index is 1.73. The first-order valence-electron chi connectivity index (χ1n) is 9.44. The van der Waals surface area contributed by atoms with Gasteiger partial charge >= 0.3 is 0 Å². The number of nitro groups is 1. The lowest BCUT2D eigenvalue weighted by molar-refractivity contribution is -0.385. The van der Waals surface area contributed by atoms with Crippen molar-refractivity contribution in [2.75, 3.05) is 26.3 Å². The van der Waals surface area contributed by atoms with Crippen molar-refractivity contribution in [3.63, 3.8) is 0 Å². The normalized spacial score (nSPS) is 15.0. The lowest BCUT2D eigenvalue weighted by atomic mass is 10.1. The van der Waals surface area contributed by atoms with Gasteiger partial charge in [-0.3, -0.25) is 14.9 Å². The van der Waals surface area contributed by atoms with E-state index in [0.717, 1.165) is 0 Å². The molecule has 1 heterocycles. The molecule has 1 N–H and O–H groups in total. The molecule has 1 amide bonds. The first-order valence-corrected chi connectivity index (χ1v) is 11.0. The Hall–Kier alpha value is -2.82. The van der Waals surface area contributed by atoms with Crippen LogP contribution in [0.5, 0.6) is 0 Å². The number of amides is 1. The Morgan fingerprint density at radius 3 is 2.47 bits per heavy atom. The fourth-order valence-corrected chi connectivity index (χ4v) is 4.88. The first-order chi connectivity index (χ1) is 14.3. The minimum Gasteiger partial charge on any atom is -0.379 e. The molecular formula is C20H23N3O6S. The van der Waals surface area contributed by atoms with Crippen molar-refractivity contribution >= 4 is 21.6 Å². The third-order valence-electron chi connectivity index (χ3n) is 5.01. The summed E-state index contributed by atoms with van der Waals surface area (Å²) in [6, 6.07) is 11.3. The average molecular weight is 433 g/mol. The highest BCUT2D eigenvalue weighted by molar-refractivity contribution is 7.88. The maximum Gasteiger partial charge on any atom is 0.273 e. The molecular weight excluding hydrogens is 410 g/mol. The quantitative estimate of drug-likeness (QED) is 0.527. The largest absolute Gasteiger partial charge is 0.379 e. The van der Waals surface area contributed by atoms with Gasteiger partial charge in [-0.25, -0.2) is 8.42 Å². The molecule has 0 unspecified atom stereocenters. The van der Waals surface area contributed by atoms with Gasteiger partial charge in [-0.2, -0.15) is 4.31 Å². The van der Waals surface area contributed by atoms with Crippen LogP contribution in [0.15, 0.2) is 42.5 Å². The molecule has 0 aromatic heterocycles. The van der Waals surface area contributed by atoms with Gasteiger partial charge in [0.05, 0.1) is 23.9 Å². The SMILES string of the molecule is Cc1c(C(=O)NCc2ccccc2CS(=O)(=O)N2CCOCC2)cccc1[N+](=O)[O-]. The van der Waals surface area contributed by atoms with Gasteiger partial charge < -0.3 is 10.1 Å². The van der Waals surface area contributed by atoms with Crippen LogP contribution in [-0.4, -0.2) is 49.9 Å². The van der Waals surface area contributed by atoms with Crippen LogP contribution in [0.4, 0.5) is 5.69 Å². The number of carbonyl (C=O) groups is 1. The van der Waals surface area contributed by atoms with E-state index in [0.29, 0.717) is 37.4 Å². The molecule has 1 aliphatic heterocycles. The van der Waals surface area contributed by atoms with Crippen molar-refractivity contribution in [1.29, 1.82) is 0 Å². The van der Waals surface area contributed by atoms with E-state index in [4.69, 9.17) is 4.74 Å². The summed E-state index contributed by atoms with van der Waals surface area (Å²) in [5.41, 5.74) is 1.64. The van der Waals surface area contributed by atoms with Gasteiger partial charge in [-0.15, -0.1) is 0 Å². The number of benzene rings is 2. The van der Waals surface area contributed by atoms with Crippen molar-refractivity contribution in [3.8, 4) is 0 Å². The number of morpholine rings is 1. The van der Waals surface area contributed by atoms with E-state index in [2.05, 4.69) is 5.32 Å². The summed E-state index contributed by atoms with van der Waals surface area (Å²) in [7, 11) is -3.51. The zero-order chi connectivity index (χ0) is 21.7. The standard InChI is InChI=1S/C20H23N3O6S/c1-15-18(7-4-8-19(15)23(25)26)20(24)21-13-16-5-2-3-6-17(16)14-30(27,28)22-9-11-29-12-10-22/h2-8H,9-14H2,1H3,(H,21,24). The van der Waals surface area contributed by atoms with Gasteiger partial charge in [0.25, 0.3) is 11.6 Å². The van der Waals surface area contributed by atoms with Crippen LogP contribution in [0, 0.1) is 17.0 Å². The number of nitrogens with zero attached hydrogens (tertiary/aromatic N) is 2. The van der Waals surface area contributed by atoms with Crippen LogP contribution in [0.2, 0.25) is 0 Å². The molecule has 1 aliphatic rings.